The van der Waals surface area contributed by atoms with Gasteiger partial charge < -0.3 is 10.5 Å². The van der Waals surface area contributed by atoms with Crippen molar-refractivity contribution >= 4 is 23.5 Å². The summed E-state index contributed by atoms with van der Waals surface area (Å²) in [5, 5.41) is 0. The van der Waals surface area contributed by atoms with Crippen LogP contribution in [0.5, 0.6) is 0 Å². The second-order valence-electron chi connectivity index (χ2n) is 2.89. The van der Waals surface area contributed by atoms with Crippen LogP contribution in [0.3, 0.4) is 0 Å². The van der Waals surface area contributed by atoms with E-state index in [0.29, 0.717) is 18.2 Å². The van der Waals surface area contributed by atoms with Crippen molar-refractivity contribution in [3.8, 4) is 0 Å². The number of esters is 1. The van der Waals surface area contributed by atoms with Gasteiger partial charge in [-0.25, -0.2) is 4.98 Å². The Morgan fingerprint density at radius 3 is 3.13 bits per heavy atom. The van der Waals surface area contributed by atoms with Crippen LogP contribution >= 0.6 is 11.8 Å². The molecule has 1 aromatic rings. The van der Waals surface area contributed by atoms with Crippen molar-refractivity contribution in [2.75, 3.05) is 18.1 Å². The maximum Gasteiger partial charge on any atom is 0.315 e. The summed E-state index contributed by atoms with van der Waals surface area (Å²) in [6.07, 6.45) is 1.66. The number of ether oxygens (including phenoxy) is 1. The molecule has 2 N–H and O–H groups in total. The minimum atomic E-state index is -0.176. The third-order valence-corrected chi connectivity index (χ3v) is 2.62. The molecular weight excluding hydrogens is 212 g/mol. The van der Waals surface area contributed by atoms with Crippen molar-refractivity contribution in [1.82, 2.24) is 4.98 Å². The standard InChI is InChI=1S/C10H14N2O2S/c1-2-14-10(13)7-15-6-8-3-4-12-9(11)5-8/h3-5H,2,6-7H2,1H3,(H2,11,12). The minimum absolute atomic E-state index is 0.176. The molecule has 0 saturated heterocycles. The molecule has 0 aliphatic carbocycles. The van der Waals surface area contributed by atoms with E-state index in [1.54, 1.807) is 19.2 Å². The molecule has 0 aliphatic heterocycles. The highest BCUT2D eigenvalue weighted by molar-refractivity contribution is 7.99. The summed E-state index contributed by atoms with van der Waals surface area (Å²) in [4.78, 5) is 14.9. The second-order valence-corrected chi connectivity index (χ2v) is 3.87. The highest BCUT2D eigenvalue weighted by Gasteiger charge is 2.02. The zero-order chi connectivity index (χ0) is 11.1. The predicted molar refractivity (Wildman–Crippen MR) is 61.4 cm³/mol. The van der Waals surface area contributed by atoms with Crippen molar-refractivity contribution < 1.29 is 9.53 Å². The molecule has 0 bridgehead atoms. The first-order chi connectivity index (χ1) is 7.22. The van der Waals surface area contributed by atoms with E-state index in [0.717, 1.165) is 11.3 Å². The number of anilines is 1. The van der Waals surface area contributed by atoms with E-state index in [9.17, 15) is 4.79 Å². The molecule has 15 heavy (non-hydrogen) atoms. The van der Waals surface area contributed by atoms with Crippen LogP contribution in [0.2, 0.25) is 0 Å². The van der Waals surface area contributed by atoms with Gasteiger partial charge in [-0.05, 0) is 24.6 Å². The number of nitrogen functional groups attached to an aromatic ring is 1. The largest absolute Gasteiger partial charge is 0.465 e. The average Bonchev–Trinajstić information content (AvgIpc) is 2.18. The first kappa shape index (κ1) is 11.8. The van der Waals surface area contributed by atoms with Gasteiger partial charge in [0, 0.05) is 11.9 Å². The molecule has 1 heterocycles. The average molecular weight is 226 g/mol. The van der Waals surface area contributed by atoms with E-state index in [4.69, 9.17) is 10.5 Å². The second kappa shape index (κ2) is 6.29. The van der Waals surface area contributed by atoms with Crippen LogP contribution in [0.4, 0.5) is 5.82 Å². The summed E-state index contributed by atoms with van der Waals surface area (Å²) in [6, 6.07) is 3.69. The van der Waals surface area contributed by atoms with Crippen molar-refractivity contribution in [3.63, 3.8) is 0 Å². The third-order valence-electron chi connectivity index (χ3n) is 1.64. The molecule has 0 saturated carbocycles. The lowest BCUT2D eigenvalue weighted by molar-refractivity contribution is -0.139. The monoisotopic (exact) mass is 226 g/mol. The normalized spacial score (nSPS) is 9.93. The summed E-state index contributed by atoms with van der Waals surface area (Å²) in [6.45, 7) is 2.23. The number of pyridine rings is 1. The van der Waals surface area contributed by atoms with Crippen molar-refractivity contribution in [2.24, 2.45) is 0 Å². The fourth-order valence-electron chi connectivity index (χ4n) is 1.04. The molecule has 0 atom stereocenters. The van der Waals surface area contributed by atoms with Gasteiger partial charge >= 0.3 is 5.97 Å². The summed E-state index contributed by atoms with van der Waals surface area (Å²) in [5.74, 6) is 1.44. The first-order valence-corrected chi connectivity index (χ1v) is 5.81. The summed E-state index contributed by atoms with van der Waals surface area (Å²) >= 11 is 1.51. The molecule has 0 radical (unpaired) electrons. The molecule has 1 aromatic heterocycles. The molecule has 5 heteroatoms. The molecule has 0 aliphatic rings. The molecule has 82 valence electrons. The van der Waals surface area contributed by atoms with Crippen molar-refractivity contribution in [1.29, 1.82) is 0 Å². The SMILES string of the molecule is CCOC(=O)CSCc1ccnc(N)c1. The maximum atomic E-state index is 11.0. The van der Waals surface area contributed by atoms with E-state index < -0.39 is 0 Å². The van der Waals surface area contributed by atoms with Crippen LogP contribution < -0.4 is 5.73 Å². The molecular formula is C10H14N2O2S. The van der Waals surface area contributed by atoms with Gasteiger partial charge in [-0.2, -0.15) is 0 Å². The smallest absolute Gasteiger partial charge is 0.315 e. The summed E-state index contributed by atoms with van der Waals surface area (Å²) in [7, 11) is 0. The lowest BCUT2D eigenvalue weighted by Crippen LogP contribution is -2.06. The van der Waals surface area contributed by atoms with Crippen LogP contribution in [0.15, 0.2) is 18.3 Å². The zero-order valence-electron chi connectivity index (χ0n) is 8.60. The van der Waals surface area contributed by atoms with Crippen LogP contribution in [-0.4, -0.2) is 23.3 Å². The lowest BCUT2D eigenvalue weighted by atomic mass is 10.3. The van der Waals surface area contributed by atoms with Gasteiger partial charge in [0.15, 0.2) is 0 Å². The Labute approximate surface area is 93.2 Å². The summed E-state index contributed by atoms with van der Waals surface area (Å²) < 4.78 is 4.81. The number of nitrogens with two attached hydrogens (primary N) is 1. The van der Waals surface area contributed by atoms with E-state index in [2.05, 4.69) is 4.98 Å². The highest BCUT2D eigenvalue weighted by Crippen LogP contribution is 2.13. The van der Waals surface area contributed by atoms with Crippen LogP contribution in [-0.2, 0) is 15.3 Å². The van der Waals surface area contributed by atoms with Crippen molar-refractivity contribution in [3.05, 3.63) is 23.9 Å². The number of nitrogens with zero attached hydrogens (tertiary/aromatic N) is 1. The molecule has 1 rings (SSSR count). The number of rotatable bonds is 5. The number of aromatic nitrogens is 1. The Kier molecular flexibility index (Phi) is 4.97. The van der Waals surface area contributed by atoms with Crippen LogP contribution in [0.1, 0.15) is 12.5 Å². The number of carbonyl (C=O) groups excluding carboxylic acids is 1. The van der Waals surface area contributed by atoms with Gasteiger partial charge in [0.1, 0.15) is 5.82 Å². The Morgan fingerprint density at radius 2 is 2.47 bits per heavy atom. The van der Waals surface area contributed by atoms with Crippen LogP contribution in [0, 0.1) is 0 Å². The van der Waals surface area contributed by atoms with Gasteiger partial charge in [-0.1, -0.05) is 0 Å². The first-order valence-electron chi connectivity index (χ1n) is 4.66. The molecule has 0 aromatic carbocycles. The number of hydrogen-bond donors (Lipinski definition) is 1. The number of thioether (sulfide) groups is 1. The topological polar surface area (TPSA) is 65.2 Å². The van der Waals surface area contributed by atoms with E-state index in [1.165, 1.54) is 11.8 Å². The Hall–Kier alpha value is -1.23. The molecule has 0 amide bonds. The van der Waals surface area contributed by atoms with E-state index in [-0.39, 0.29) is 5.97 Å². The number of hydrogen-bond acceptors (Lipinski definition) is 5. The Bertz CT molecular complexity index is 331. The summed E-state index contributed by atoms with van der Waals surface area (Å²) in [5.41, 5.74) is 6.59. The van der Waals surface area contributed by atoms with E-state index in [1.807, 2.05) is 6.07 Å². The van der Waals surface area contributed by atoms with Gasteiger partial charge in [0.2, 0.25) is 0 Å². The predicted octanol–water partition coefficient (Wildman–Crippen LogP) is 1.46. The quantitative estimate of drug-likeness (QED) is 0.770. The fourth-order valence-corrected chi connectivity index (χ4v) is 1.81. The fraction of sp³-hybridized carbons (Fsp3) is 0.400. The lowest BCUT2D eigenvalue weighted by Gasteiger charge is -2.02. The Balaban J connectivity index is 2.28. The van der Waals surface area contributed by atoms with Gasteiger partial charge in [0.05, 0.1) is 12.4 Å². The number of carbonyl (C=O) groups is 1. The van der Waals surface area contributed by atoms with Gasteiger partial charge in [-0.3, -0.25) is 4.79 Å². The Morgan fingerprint density at radius 1 is 1.67 bits per heavy atom. The third kappa shape index (κ3) is 4.69. The van der Waals surface area contributed by atoms with Crippen LogP contribution in [0.25, 0.3) is 0 Å². The van der Waals surface area contributed by atoms with Crippen molar-refractivity contribution in [2.45, 2.75) is 12.7 Å². The minimum Gasteiger partial charge on any atom is -0.465 e. The molecule has 0 spiro atoms. The highest BCUT2D eigenvalue weighted by atomic mass is 32.2. The molecule has 4 nitrogen and oxygen atoms in total. The molecule has 0 unspecified atom stereocenters. The van der Waals surface area contributed by atoms with E-state index >= 15 is 0 Å². The molecule has 0 fully saturated rings. The van der Waals surface area contributed by atoms with Gasteiger partial charge in [-0.15, -0.1) is 11.8 Å². The maximum absolute atomic E-state index is 11.0. The van der Waals surface area contributed by atoms with Gasteiger partial charge in [0.25, 0.3) is 0 Å². The zero-order valence-corrected chi connectivity index (χ0v) is 9.42.